The van der Waals surface area contributed by atoms with Gasteiger partial charge in [-0.15, -0.1) is 11.3 Å². The van der Waals surface area contributed by atoms with Crippen LogP contribution >= 0.6 is 11.3 Å². The molecule has 1 heterocycles. The number of aromatic nitrogens is 1. The van der Waals surface area contributed by atoms with Gasteiger partial charge in [-0.2, -0.15) is 0 Å². The van der Waals surface area contributed by atoms with Crippen LogP contribution in [0.25, 0.3) is 22.0 Å². The number of anilines is 3. The van der Waals surface area contributed by atoms with E-state index >= 15 is 0 Å². The molecule has 0 saturated carbocycles. The third kappa shape index (κ3) is 4.23. The molecule has 4 aromatic carbocycles. The number of rotatable bonds is 4. The maximum atomic E-state index is 5.08. The molecule has 0 unspecified atom stereocenters. The molecule has 3 heteroatoms. The van der Waals surface area contributed by atoms with Crippen LogP contribution in [0.3, 0.4) is 0 Å². The van der Waals surface area contributed by atoms with E-state index in [0.717, 1.165) is 27.8 Å². The first-order valence-corrected chi connectivity index (χ1v) is 11.5. The van der Waals surface area contributed by atoms with E-state index in [1.165, 1.54) is 15.6 Å². The lowest BCUT2D eigenvalue weighted by Gasteiger charge is -2.24. The third-order valence-electron chi connectivity index (χ3n) is 5.05. The predicted octanol–water partition coefficient (Wildman–Crippen LogP) is 8.77. The summed E-state index contributed by atoms with van der Waals surface area (Å²) in [5.74, 6) is 0. The van der Waals surface area contributed by atoms with Crippen molar-refractivity contribution in [3.63, 3.8) is 0 Å². The molecule has 0 spiro atoms. The summed E-state index contributed by atoms with van der Waals surface area (Å²) in [6.07, 6.45) is 0. The summed E-state index contributed by atoms with van der Waals surface area (Å²) in [4.78, 5) is 8.57. The maximum Gasteiger partial charge on any atom is 0.195 e. The van der Waals surface area contributed by atoms with Crippen molar-refractivity contribution >= 4 is 38.6 Å². The zero-order valence-corrected chi connectivity index (χ0v) is 18.9. The molecule has 5 rings (SSSR count). The number of para-hydroxylation sites is 1. The fourth-order valence-electron chi connectivity index (χ4n) is 3.67. The average Bonchev–Trinajstić information content (AvgIpc) is 3.23. The average molecular weight is 423 g/mol. The molecular weight excluding hydrogens is 396 g/mol. The van der Waals surface area contributed by atoms with Gasteiger partial charge >= 0.3 is 0 Å². The lowest BCUT2D eigenvalue weighted by molar-refractivity contribution is 1.24. The molecule has 154 valence electrons. The van der Waals surface area contributed by atoms with Gasteiger partial charge in [-0.1, -0.05) is 98.8 Å². The summed E-state index contributed by atoms with van der Waals surface area (Å²) >= 11 is 1.73. The molecule has 0 aliphatic carbocycles. The second-order valence-corrected chi connectivity index (χ2v) is 8.12. The van der Waals surface area contributed by atoms with Gasteiger partial charge in [-0.3, -0.25) is 4.90 Å². The van der Waals surface area contributed by atoms with Crippen molar-refractivity contribution < 1.29 is 0 Å². The zero-order valence-electron chi connectivity index (χ0n) is 18.1. The first-order chi connectivity index (χ1) is 15.3. The van der Waals surface area contributed by atoms with E-state index < -0.39 is 0 Å². The minimum absolute atomic E-state index is 0.976. The molecule has 0 aliphatic rings. The van der Waals surface area contributed by atoms with Crippen LogP contribution in [0.2, 0.25) is 0 Å². The summed E-state index contributed by atoms with van der Waals surface area (Å²) in [6, 6.07) is 35.9. The Kier molecular flexibility index (Phi) is 6.44. The Balaban J connectivity index is 0.00000112. The van der Waals surface area contributed by atoms with Gasteiger partial charge in [0.2, 0.25) is 0 Å². The smallest absolute Gasteiger partial charge is 0.195 e. The molecule has 0 bridgehead atoms. The Hall–Kier alpha value is -3.43. The summed E-state index contributed by atoms with van der Waals surface area (Å²) in [5, 5.41) is 3.42. The number of benzene rings is 4. The van der Waals surface area contributed by atoms with Crippen LogP contribution in [0.15, 0.2) is 103 Å². The highest BCUT2D eigenvalue weighted by molar-refractivity contribution is 7.16. The molecule has 0 radical (unpaired) electrons. The van der Waals surface area contributed by atoms with E-state index in [1.807, 2.05) is 26.0 Å². The van der Waals surface area contributed by atoms with Crippen LogP contribution in [0.5, 0.6) is 0 Å². The molecule has 5 aromatic rings. The van der Waals surface area contributed by atoms with Crippen molar-refractivity contribution in [3.05, 3.63) is 108 Å². The second-order valence-electron chi connectivity index (χ2n) is 6.94. The highest BCUT2D eigenvalue weighted by Crippen LogP contribution is 2.42. The molecule has 0 aliphatic heterocycles. The topological polar surface area (TPSA) is 16.1 Å². The summed E-state index contributed by atoms with van der Waals surface area (Å²) in [5.41, 5.74) is 4.45. The van der Waals surface area contributed by atoms with E-state index in [1.54, 1.807) is 11.3 Å². The van der Waals surface area contributed by atoms with Crippen molar-refractivity contribution in [1.82, 2.24) is 4.98 Å². The molecule has 0 fully saturated rings. The second kappa shape index (κ2) is 9.59. The van der Waals surface area contributed by atoms with E-state index in [-0.39, 0.29) is 0 Å². The van der Waals surface area contributed by atoms with Gasteiger partial charge in [-0.05, 0) is 30.5 Å². The lowest BCUT2D eigenvalue weighted by Crippen LogP contribution is -2.10. The van der Waals surface area contributed by atoms with E-state index in [0.29, 0.717) is 0 Å². The third-order valence-corrected chi connectivity index (χ3v) is 6.00. The largest absolute Gasteiger partial charge is 0.286 e. The summed E-state index contributed by atoms with van der Waals surface area (Å²) in [7, 11) is 0. The minimum atomic E-state index is 0.976. The van der Waals surface area contributed by atoms with Crippen molar-refractivity contribution in [3.8, 4) is 11.3 Å². The number of aryl methyl sites for hydroxylation is 1. The molecule has 0 N–H and O–H groups in total. The molecule has 0 atom stereocenters. The molecule has 1 aromatic heterocycles. The van der Waals surface area contributed by atoms with Gasteiger partial charge in [0.15, 0.2) is 5.13 Å². The number of fused-ring (bicyclic) bond motifs is 1. The Morgan fingerprint density at radius 1 is 0.677 bits per heavy atom. The molecule has 0 saturated heterocycles. The Labute approximate surface area is 188 Å². The molecule has 2 nitrogen and oxygen atoms in total. The fraction of sp³-hybridized carbons (Fsp3) is 0.107. The van der Waals surface area contributed by atoms with Crippen LogP contribution in [-0.4, -0.2) is 4.98 Å². The van der Waals surface area contributed by atoms with Crippen molar-refractivity contribution in [2.75, 3.05) is 4.90 Å². The van der Waals surface area contributed by atoms with Crippen LogP contribution in [0.1, 0.15) is 18.7 Å². The summed E-state index contributed by atoms with van der Waals surface area (Å²) in [6.45, 7) is 6.15. The minimum Gasteiger partial charge on any atom is -0.286 e. The first-order valence-electron chi connectivity index (χ1n) is 10.7. The molecule has 31 heavy (non-hydrogen) atoms. The first kappa shape index (κ1) is 20.8. The van der Waals surface area contributed by atoms with Gasteiger partial charge in [0, 0.05) is 21.5 Å². The Morgan fingerprint density at radius 3 is 2.03 bits per heavy atom. The van der Waals surface area contributed by atoms with Crippen LogP contribution in [-0.2, 0) is 0 Å². The maximum absolute atomic E-state index is 5.08. The highest BCUT2D eigenvalue weighted by Gasteiger charge is 2.20. The van der Waals surface area contributed by atoms with E-state index in [9.17, 15) is 0 Å². The standard InChI is InChI=1S/C26H20N2S.C2H6/c1-19-25(21-12-4-2-5-13-21)27-26(29-19)28(22-15-6-3-7-16-22)24-18-10-14-20-11-8-9-17-23(20)24;1-2/h2-18H,1H3;1-2H3. The van der Waals surface area contributed by atoms with E-state index in [4.69, 9.17) is 4.98 Å². The zero-order chi connectivity index (χ0) is 21.6. The quantitative estimate of drug-likeness (QED) is 0.288. The number of nitrogens with zero attached hydrogens (tertiary/aromatic N) is 2. The van der Waals surface area contributed by atoms with Gasteiger partial charge in [0.1, 0.15) is 0 Å². The predicted molar refractivity (Wildman–Crippen MR) is 136 cm³/mol. The number of hydrogen-bond acceptors (Lipinski definition) is 3. The highest BCUT2D eigenvalue weighted by atomic mass is 32.1. The normalized spacial score (nSPS) is 10.4. The van der Waals surface area contributed by atoms with Gasteiger partial charge in [-0.25, -0.2) is 4.98 Å². The molecular formula is C28H26N2S. The number of thiazole rings is 1. The van der Waals surface area contributed by atoms with Crippen LogP contribution in [0, 0.1) is 6.92 Å². The van der Waals surface area contributed by atoms with E-state index in [2.05, 4.69) is 103 Å². The monoisotopic (exact) mass is 422 g/mol. The SMILES string of the molecule is CC.Cc1sc(N(c2ccccc2)c2cccc3ccccc23)nc1-c1ccccc1. The van der Waals surface area contributed by atoms with Gasteiger partial charge in [0.05, 0.1) is 11.4 Å². The van der Waals surface area contributed by atoms with Gasteiger partial charge in [0.25, 0.3) is 0 Å². The number of hydrogen-bond donors (Lipinski definition) is 0. The van der Waals surface area contributed by atoms with Crippen LogP contribution in [0.4, 0.5) is 16.5 Å². The Morgan fingerprint density at radius 2 is 1.29 bits per heavy atom. The van der Waals surface area contributed by atoms with Crippen LogP contribution < -0.4 is 4.90 Å². The van der Waals surface area contributed by atoms with Gasteiger partial charge < -0.3 is 0 Å². The lowest BCUT2D eigenvalue weighted by atomic mass is 10.1. The summed E-state index contributed by atoms with van der Waals surface area (Å²) < 4.78 is 0. The van der Waals surface area contributed by atoms with Crippen molar-refractivity contribution in [1.29, 1.82) is 0 Å². The van der Waals surface area contributed by atoms with Crippen molar-refractivity contribution in [2.24, 2.45) is 0 Å². The Bertz CT molecular complexity index is 1250. The van der Waals surface area contributed by atoms with Crippen molar-refractivity contribution in [2.45, 2.75) is 20.8 Å². The molecule has 0 amide bonds. The fourth-order valence-corrected chi connectivity index (χ4v) is 4.64.